The van der Waals surface area contributed by atoms with Gasteiger partial charge >= 0.3 is 0 Å². The Morgan fingerprint density at radius 1 is 1.47 bits per heavy atom. The van der Waals surface area contributed by atoms with Gasteiger partial charge in [0.05, 0.1) is 10.8 Å². The Morgan fingerprint density at radius 2 is 2.20 bits per heavy atom. The lowest BCUT2D eigenvalue weighted by molar-refractivity contribution is 0.682. The third-order valence-corrected chi connectivity index (χ3v) is 3.52. The quantitative estimate of drug-likeness (QED) is 0.439. The fourth-order valence-corrected chi connectivity index (χ4v) is 2.44. The number of rotatable bonds is 4. The minimum atomic E-state index is -1.07. The van der Waals surface area contributed by atoms with Gasteiger partial charge in [0.2, 0.25) is 0 Å². The summed E-state index contributed by atoms with van der Waals surface area (Å²) in [6, 6.07) is 5.81. The van der Waals surface area contributed by atoms with E-state index in [-0.39, 0.29) is 6.54 Å². The van der Waals surface area contributed by atoms with E-state index in [4.69, 9.17) is 5.53 Å². The monoisotopic (exact) mass is 223 g/mol. The van der Waals surface area contributed by atoms with Crippen molar-refractivity contribution in [2.45, 2.75) is 18.7 Å². The maximum atomic E-state index is 11.8. The molecule has 0 aliphatic rings. The van der Waals surface area contributed by atoms with Crippen molar-refractivity contribution in [2.75, 3.05) is 12.3 Å². The first-order chi connectivity index (χ1) is 7.15. The first kappa shape index (κ1) is 11.8. The predicted octanol–water partition coefficient (Wildman–Crippen LogP) is 2.72. The first-order valence-electron chi connectivity index (χ1n) is 4.61. The zero-order chi connectivity index (χ0) is 11.3. The molecule has 0 spiro atoms. The molecule has 0 bridgehead atoms. The van der Waals surface area contributed by atoms with Crippen molar-refractivity contribution in [3.63, 3.8) is 0 Å². The Bertz CT molecular complexity index is 425. The van der Waals surface area contributed by atoms with Gasteiger partial charge in [0.1, 0.15) is 0 Å². The molecule has 1 aromatic rings. The average Bonchev–Trinajstić information content (AvgIpc) is 2.17. The minimum Gasteiger partial charge on any atom is -0.254 e. The van der Waals surface area contributed by atoms with Crippen molar-refractivity contribution in [1.82, 2.24) is 0 Å². The van der Waals surface area contributed by atoms with E-state index in [2.05, 4.69) is 10.0 Å². The SMILES string of the molecule is Cc1ccc(S(=O)CCN=[N+]=[N-])c(C)c1. The molecule has 0 aromatic heterocycles. The molecule has 1 atom stereocenters. The molecule has 1 rings (SSSR count). The van der Waals surface area contributed by atoms with Crippen molar-refractivity contribution >= 4 is 10.8 Å². The zero-order valence-corrected chi connectivity index (χ0v) is 9.62. The van der Waals surface area contributed by atoms with E-state index in [0.29, 0.717) is 5.75 Å². The molecular formula is C10H13N3OS. The molecule has 0 saturated carbocycles. The summed E-state index contributed by atoms with van der Waals surface area (Å²) in [4.78, 5) is 3.46. The fraction of sp³-hybridized carbons (Fsp3) is 0.400. The second-order valence-electron chi connectivity index (χ2n) is 3.27. The zero-order valence-electron chi connectivity index (χ0n) is 8.80. The smallest absolute Gasteiger partial charge is 0.0533 e. The molecule has 1 aromatic carbocycles. The van der Waals surface area contributed by atoms with Crippen LogP contribution in [0, 0.1) is 13.8 Å². The van der Waals surface area contributed by atoms with E-state index < -0.39 is 10.8 Å². The van der Waals surface area contributed by atoms with E-state index in [1.807, 2.05) is 32.0 Å². The predicted molar refractivity (Wildman–Crippen MR) is 61.2 cm³/mol. The Kier molecular flexibility index (Phi) is 4.34. The Hall–Kier alpha value is -1.32. The van der Waals surface area contributed by atoms with Crippen LogP contribution in [0.4, 0.5) is 0 Å². The number of hydrogen-bond acceptors (Lipinski definition) is 2. The average molecular weight is 223 g/mol. The highest BCUT2D eigenvalue weighted by molar-refractivity contribution is 7.85. The summed E-state index contributed by atoms with van der Waals surface area (Å²) in [5, 5.41) is 3.37. The normalized spacial score (nSPS) is 11.9. The molecular weight excluding hydrogens is 210 g/mol. The van der Waals surface area contributed by atoms with Crippen molar-refractivity contribution < 1.29 is 4.21 Å². The fourth-order valence-electron chi connectivity index (χ4n) is 1.33. The standard InChI is InChI=1S/C10H13N3OS/c1-8-3-4-10(9(2)7-8)15(14)6-5-12-13-11/h3-4,7H,5-6H2,1-2H3. The maximum absolute atomic E-state index is 11.8. The van der Waals surface area contributed by atoms with Gasteiger partial charge in [0, 0.05) is 22.1 Å². The van der Waals surface area contributed by atoms with Crippen LogP contribution < -0.4 is 0 Å². The van der Waals surface area contributed by atoms with Crippen LogP contribution in [0.15, 0.2) is 28.2 Å². The van der Waals surface area contributed by atoms with E-state index in [1.54, 1.807) is 0 Å². The van der Waals surface area contributed by atoms with Crippen LogP contribution in [0.2, 0.25) is 0 Å². The Morgan fingerprint density at radius 3 is 2.80 bits per heavy atom. The molecule has 0 aliphatic heterocycles. The summed E-state index contributed by atoms with van der Waals surface area (Å²) < 4.78 is 11.8. The molecule has 0 fully saturated rings. The van der Waals surface area contributed by atoms with Gasteiger partial charge in [-0.25, -0.2) is 0 Å². The third kappa shape index (κ3) is 3.38. The van der Waals surface area contributed by atoms with Crippen molar-refractivity contribution in [1.29, 1.82) is 0 Å². The van der Waals surface area contributed by atoms with E-state index in [9.17, 15) is 4.21 Å². The number of azide groups is 1. The molecule has 1 unspecified atom stereocenters. The Labute approximate surface area is 91.4 Å². The lowest BCUT2D eigenvalue weighted by Crippen LogP contribution is -2.02. The van der Waals surface area contributed by atoms with Crippen LogP contribution in [0.25, 0.3) is 10.4 Å². The lowest BCUT2D eigenvalue weighted by atomic mass is 10.2. The number of aryl methyl sites for hydroxylation is 2. The van der Waals surface area contributed by atoms with Gasteiger partial charge in [-0.3, -0.25) is 4.21 Å². The summed E-state index contributed by atoms with van der Waals surface area (Å²) in [6.07, 6.45) is 0. The highest BCUT2D eigenvalue weighted by Gasteiger charge is 2.06. The molecule has 0 N–H and O–H groups in total. The van der Waals surface area contributed by atoms with Crippen LogP contribution >= 0.6 is 0 Å². The number of hydrogen-bond donors (Lipinski definition) is 0. The summed E-state index contributed by atoms with van der Waals surface area (Å²) in [6.45, 7) is 4.21. The van der Waals surface area contributed by atoms with Crippen LogP contribution in [0.3, 0.4) is 0 Å². The molecule has 5 heteroatoms. The second-order valence-corrected chi connectivity index (χ2v) is 4.81. The highest BCUT2D eigenvalue weighted by Crippen LogP contribution is 2.14. The molecule has 0 aliphatic carbocycles. The van der Waals surface area contributed by atoms with Crippen molar-refractivity contribution in [3.05, 3.63) is 39.8 Å². The molecule has 80 valence electrons. The molecule has 4 nitrogen and oxygen atoms in total. The number of benzene rings is 1. The van der Waals surface area contributed by atoms with Gasteiger partial charge in [-0.05, 0) is 31.0 Å². The van der Waals surface area contributed by atoms with E-state index in [0.717, 1.165) is 16.0 Å². The van der Waals surface area contributed by atoms with Crippen LogP contribution in [0.5, 0.6) is 0 Å². The molecule has 0 saturated heterocycles. The van der Waals surface area contributed by atoms with Crippen LogP contribution in [-0.4, -0.2) is 16.5 Å². The largest absolute Gasteiger partial charge is 0.254 e. The summed E-state index contributed by atoms with van der Waals surface area (Å²) in [5.41, 5.74) is 10.3. The second kappa shape index (κ2) is 5.53. The number of nitrogens with zero attached hydrogens (tertiary/aromatic N) is 3. The summed E-state index contributed by atoms with van der Waals surface area (Å²) >= 11 is 0. The summed E-state index contributed by atoms with van der Waals surface area (Å²) in [5.74, 6) is 0.383. The van der Waals surface area contributed by atoms with Gasteiger partial charge in [0.25, 0.3) is 0 Å². The maximum Gasteiger partial charge on any atom is 0.0533 e. The van der Waals surface area contributed by atoms with E-state index >= 15 is 0 Å². The molecule has 0 amide bonds. The van der Waals surface area contributed by atoms with Crippen molar-refractivity contribution in [2.24, 2.45) is 5.11 Å². The first-order valence-corrected chi connectivity index (χ1v) is 5.93. The topological polar surface area (TPSA) is 65.8 Å². The van der Waals surface area contributed by atoms with Gasteiger partial charge < -0.3 is 0 Å². The van der Waals surface area contributed by atoms with Gasteiger partial charge in [-0.2, -0.15) is 0 Å². The van der Waals surface area contributed by atoms with Gasteiger partial charge in [-0.1, -0.05) is 22.8 Å². The van der Waals surface area contributed by atoms with Gasteiger partial charge in [0.15, 0.2) is 0 Å². The van der Waals surface area contributed by atoms with Gasteiger partial charge in [-0.15, -0.1) is 0 Å². The lowest BCUT2D eigenvalue weighted by Gasteiger charge is -2.05. The minimum absolute atomic E-state index is 0.274. The van der Waals surface area contributed by atoms with Crippen molar-refractivity contribution in [3.8, 4) is 0 Å². The van der Waals surface area contributed by atoms with Crippen LogP contribution in [0.1, 0.15) is 11.1 Å². The Balaban J connectivity index is 2.77. The summed E-state index contributed by atoms with van der Waals surface area (Å²) in [7, 11) is -1.07. The molecule has 15 heavy (non-hydrogen) atoms. The van der Waals surface area contributed by atoms with E-state index in [1.165, 1.54) is 0 Å². The van der Waals surface area contributed by atoms with Crippen LogP contribution in [-0.2, 0) is 10.8 Å². The molecule has 0 heterocycles. The highest BCUT2D eigenvalue weighted by atomic mass is 32.2. The third-order valence-electron chi connectivity index (χ3n) is 2.02. The molecule has 0 radical (unpaired) electrons.